The predicted octanol–water partition coefficient (Wildman–Crippen LogP) is 2.74. The van der Waals surface area contributed by atoms with Crippen molar-refractivity contribution in [2.75, 3.05) is 18.4 Å². The number of rotatable bonds is 5. The van der Waals surface area contributed by atoms with E-state index in [1.807, 2.05) is 31.2 Å². The SMILES string of the molecule is Cc1nc(-c2ccc(NC(=O)CC(C)C3CCCNC3)cc2)n[nH]1. The van der Waals surface area contributed by atoms with E-state index in [4.69, 9.17) is 0 Å². The molecule has 1 fully saturated rings. The average molecular weight is 327 g/mol. The van der Waals surface area contributed by atoms with Crippen molar-refractivity contribution in [3.63, 3.8) is 0 Å². The Morgan fingerprint density at radius 2 is 2.17 bits per heavy atom. The second kappa shape index (κ2) is 7.57. The number of H-pyrrole nitrogens is 1. The van der Waals surface area contributed by atoms with Gasteiger partial charge in [-0.2, -0.15) is 5.10 Å². The molecule has 1 aromatic carbocycles. The smallest absolute Gasteiger partial charge is 0.224 e. The summed E-state index contributed by atoms with van der Waals surface area (Å²) < 4.78 is 0. The van der Waals surface area contributed by atoms with Gasteiger partial charge < -0.3 is 10.6 Å². The van der Waals surface area contributed by atoms with Crippen LogP contribution in [0.3, 0.4) is 0 Å². The van der Waals surface area contributed by atoms with Gasteiger partial charge in [0, 0.05) is 17.7 Å². The second-order valence-electron chi connectivity index (χ2n) is 6.66. The molecule has 6 heteroatoms. The minimum Gasteiger partial charge on any atom is -0.326 e. The first kappa shape index (κ1) is 16.6. The molecule has 24 heavy (non-hydrogen) atoms. The van der Waals surface area contributed by atoms with Gasteiger partial charge in [-0.15, -0.1) is 0 Å². The van der Waals surface area contributed by atoms with Gasteiger partial charge in [-0.25, -0.2) is 4.98 Å². The molecule has 1 saturated heterocycles. The highest BCUT2D eigenvalue weighted by molar-refractivity contribution is 5.91. The molecule has 0 saturated carbocycles. The summed E-state index contributed by atoms with van der Waals surface area (Å²) in [4.78, 5) is 16.6. The Kier molecular flexibility index (Phi) is 5.25. The third-order valence-electron chi connectivity index (χ3n) is 4.67. The van der Waals surface area contributed by atoms with Crippen LogP contribution in [0.1, 0.15) is 32.0 Å². The van der Waals surface area contributed by atoms with E-state index >= 15 is 0 Å². The van der Waals surface area contributed by atoms with Crippen molar-refractivity contribution in [3.05, 3.63) is 30.1 Å². The van der Waals surface area contributed by atoms with Crippen LogP contribution in [0.4, 0.5) is 5.69 Å². The molecule has 2 heterocycles. The summed E-state index contributed by atoms with van der Waals surface area (Å²) in [6.07, 6.45) is 2.99. The van der Waals surface area contributed by atoms with Gasteiger partial charge in [0.1, 0.15) is 5.82 Å². The van der Waals surface area contributed by atoms with E-state index in [2.05, 4.69) is 32.7 Å². The summed E-state index contributed by atoms with van der Waals surface area (Å²) in [7, 11) is 0. The summed E-state index contributed by atoms with van der Waals surface area (Å²) in [5.74, 6) is 2.53. The van der Waals surface area contributed by atoms with E-state index in [9.17, 15) is 4.79 Å². The lowest BCUT2D eigenvalue weighted by atomic mass is 9.85. The lowest BCUT2D eigenvalue weighted by Gasteiger charge is -2.28. The first-order valence-corrected chi connectivity index (χ1v) is 8.62. The van der Waals surface area contributed by atoms with E-state index in [-0.39, 0.29) is 5.91 Å². The van der Waals surface area contributed by atoms with Crippen molar-refractivity contribution in [3.8, 4) is 11.4 Å². The van der Waals surface area contributed by atoms with Crippen LogP contribution in [0.2, 0.25) is 0 Å². The zero-order valence-electron chi connectivity index (χ0n) is 14.3. The number of nitrogens with one attached hydrogen (secondary N) is 3. The molecule has 128 valence electrons. The first-order valence-electron chi connectivity index (χ1n) is 8.62. The van der Waals surface area contributed by atoms with Gasteiger partial charge in [0.2, 0.25) is 5.91 Å². The molecule has 1 aliphatic heterocycles. The Labute approximate surface area is 142 Å². The summed E-state index contributed by atoms with van der Waals surface area (Å²) in [5, 5.41) is 13.4. The van der Waals surface area contributed by atoms with Crippen molar-refractivity contribution in [1.29, 1.82) is 0 Å². The molecular weight excluding hydrogens is 302 g/mol. The maximum Gasteiger partial charge on any atom is 0.224 e. The number of benzene rings is 1. The number of aromatic nitrogens is 3. The summed E-state index contributed by atoms with van der Waals surface area (Å²) in [5.41, 5.74) is 1.74. The maximum absolute atomic E-state index is 12.3. The van der Waals surface area contributed by atoms with Crippen molar-refractivity contribution < 1.29 is 4.79 Å². The molecule has 6 nitrogen and oxygen atoms in total. The van der Waals surface area contributed by atoms with Gasteiger partial charge in [0.25, 0.3) is 0 Å². The van der Waals surface area contributed by atoms with Gasteiger partial charge in [0.05, 0.1) is 0 Å². The number of anilines is 1. The molecule has 0 bridgehead atoms. The Bertz CT molecular complexity index is 673. The molecule has 2 atom stereocenters. The van der Waals surface area contributed by atoms with E-state index in [0.29, 0.717) is 24.1 Å². The van der Waals surface area contributed by atoms with Crippen molar-refractivity contribution in [1.82, 2.24) is 20.5 Å². The van der Waals surface area contributed by atoms with Gasteiger partial charge in [0.15, 0.2) is 5.82 Å². The highest BCUT2D eigenvalue weighted by Crippen LogP contribution is 2.23. The first-order chi connectivity index (χ1) is 11.6. The van der Waals surface area contributed by atoms with Crippen LogP contribution >= 0.6 is 0 Å². The van der Waals surface area contributed by atoms with Gasteiger partial charge in [-0.1, -0.05) is 6.92 Å². The summed E-state index contributed by atoms with van der Waals surface area (Å²) in [6, 6.07) is 7.64. The molecule has 0 spiro atoms. The largest absolute Gasteiger partial charge is 0.326 e. The quantitative estimate of drug-likeness (QED) is 0.788. The molecular formula is C18H25N5O. The molecule has 3 rings (SSSR count). The number of amides is 1. The lowest BCUT2D eigenvalue weighted by molar-refractivity contribution is -0.117. The molecule has 2 aromatic rings. The predicted molar refractivity (Wildman–Crippen MR) is 94.6 cm³/mol. The second-order valence-corrected chi connectivity index (χ2v) is 6.66. The third-order valence-corrected chi connectivity index (χ3v) is 4.67. The normalized spacial score (nSPS) is 19.0. The summed E-state index contributed by atoms with van der Waals surface area (Å²) in [6.45, 7) is 6.17. The molecule has 1 aliphatic rings. The number of nitrogens with zero attached hydrogens (tertiary/aromatic N) is 2. The van der Waals surface area contributed by atoms with Crippen molar-refractivity contribution >= 4 is 11.6 Å². The average Bonchev–Trinajstić information content (AvgIpc) is 3.02. The lowest BCUT2D eigenvalue weighted by Crippen LogP contribution is -2.34. The highest BCUT2D eigenvalue weighted by Gasteiger charge is 2.22. The zero-order valence-corrected chi connectivity index (χ0v) is 14.3. The monoisotopic (exact) mass is 327 g/mol. The number of carbonyl (C=O) groups excluding carboxylic acids is 1. The van der Waals surface area contributed by atoms with Crippen LogP contribution in [0, 0.1) is 18.8 Å². The fourth-order valence-electron chi connectivity index (χ4n) is 3.21. The standard InChI is InChI=1S/C18H25N5O/c1-12(15-4-3-9-19-11-15)10-17(24)21-16-7-5-14(6-8-16)18-20-13(2)22-23-18/h5-8,12,15,19H,3-4,9-11H2,1-2H3,(H,21,24)(H,20,22,23). The van der Waals surface area contributed by atoms with E-state index in [1.165, 1.54) is 12.8 Å². The van der Waals surface area contributed by atoms with E-state index < -0.39 is 0 Å². The fourth-order valence-corrected chi connectivity index (χ4v) is 3.21. The van der Waals surface area contributed by atoms with Crippen molar-refractivity contribution in [2.24, 2.45) is 11.8 Å². The topological polar surface area (TPSA) is 82.7 Å². The van der Waals surface area contributed by atoms with Gasteiger partial charge in [-0.05, 0) is 69.0 Å². The molecule has 1 amide bonds. The van der Waals surface area contributed by atoms with Crippen LogP contribution in [-0.2, 0) is 4.79 Å². The Morgan fingerprint density at radius 1 is 1.38 bits per heavy atom. The van der Waals surface area contributed by atoms with Crippen LogP contribution in [-0.4, -0.2) is 34.2 Å². The Morgan fingerprint density at radius 3 is 2.79 bits per heavy atom. The Balaban J connectivity index is 1.54. The van der Waals surface area contributed by atoms with Gasteiger partial charge in [-0.3, -0.25) is 9.89 Å². The molecule has 2 unspecified atom stereocenters. The zero-order chi connectivity index (χ0) is 16.9. The molecule has 3 N–H and O–H groups in total. The number of aryl methyl sites for hydroxylation is 1. The van der Waals surface area contributed by atoms with Crippen LogP contribution in [0.5, 0.6) is 0 Å². The maximum atomic E-state index is 12.3. The van der Waals surface area contributed by atoms with E-state index in [1.54, 1.807) is 0 Å². The third kappa shape index (κ3) is 4.20. The van der Waals surface area contributed by atoms with E-state index in [0.717, 1.165) is 30.2 Å². The number of piperidine rings is 1. The van der Waals surface area contributed by atoms with Gasteiger partial charge >= 0.3 is 0 Å². The molecule has 0 radical (unpaired) electrons. The number of hydrogen-bond acceptors (Lipinski definition) is 4. The number of aromatic amines is 1. The number of hydrogen-bond donors (Lipinski definition) is 3. The van der Waals surface area contributed by atoms with Crippen LogP contribution < -0.4 is 10.6 Å². The van der Waals surface area contributed by atoms with Crippen LogP contribution in [0.25, 0.3) is 11.4 Å². The Hall–Kier alpha value is -2.21. The molecule has 1 aromatic heterocycles. The minimum atomic E-state index is 0.0783. The molecule has 0 aliphatic carbocycles. The fraction of sp³-hybridized carbons (Fsp3) is 0.500. The summed E-state index contributed by atoms with van der Waals surface area (Å²) >= 11 is 0. The van der Waals surface area contributed by atoms with Crippen molar-refractivity contribution in [2.45, 2.75) is 33.1 Å². The minimum absolute atomic E-state index is 0.0783. The highest BCUT2D eigenvalue weighted by atomic mass is 16.1. The number of carbonyl (C=O) groups is 1. The van der Waals surface area contributed by atoms with Crippen LogP contribution in [0.15, 0.2) is 24.3 Å².